The van der Waals surface area contributed by atoms with Gasteiger partial charge in [-0.2, -0.15) is 0 Å². The van der Waals surface area contributed by atoms with Gasteiger partial charge in [0.25, 0.3) is 5.92 Å². The average molecular weight is 374 g/mol. The van der Waals surface area contributed by atoms with Crippen molar-refractivity contribution >= 4 is 20.6 Å². The summed E-state index contributed by atoms with van der Waals surface area (Å²) < 4.78 is 27.1. The highest BCUT2D eigenvalue weighted by Gasteiger charge is 2.27. The summed E-state index contributed by atoms with van der Waals surface area (Å²) in [5.41, 5.74) is 0.552. The topological polar surface area (TPSA) is 32.6 Å². The molecule has 0 aliphatic rings. The van der Waals surface area contributed by atoms with Crippen LogP contribution < -0.4 is 0 Å². The van der Waals surface area contributed by atoms with Crippen molar-refractivity contribution in [3.05, 3.63) is 47.7 Å². The fourth-order valence-corrected chi connectivity index (χ4v) is 2.76. The van der Waals surface area contributed by atoms with Crippen LogP contribution in [0.1, 0.15) is 50.8 Å². The van der Waals surface area contributed by atoms with Crippen LogP contribution in [0.25, 0.3) is 0 Å². The van der Waals surface area contributed by atoms with Gasteiger partial charge in [-0.25, -0.2) is 8.78 Å². The molecule has 5 heteroatoms. The second kappa shape index (κ2) is 8.53. The number of aliphatic hydroxyl groups excluding tert-OH is 1. The molecule has 1 aromatic carbocycles. The molecule has 122 valence electrons. The summed E-state index contributed by atoms with van der Waals surface area (Å²) in [6.07, 6.45) is 4.29. The first-order chi connectivity index (χ1) is 10.3. The van der Waals surface area contributed by atoms with Gasteiger partial charge in [-0.15, -0.1) is 0 Å². The van der Waals surface area contributed by atoms with Crippen LogP contribution in [0.2, 0.25) is 0 Å². The second-order valence-corrected chi connectivity index (χ2v) is 6.10. The van der Waals surface area contributed by atoms with Gasteiger partial charge in [0.1, 0.15) is 0 Å². The Bertz CT molecular complexity index is 520. The van der Waals surface area contributed by atoms with Crippen LogP contribution in [0, 0.1) is 5.92 Å². The van der Waals surface area contributed by atoms with Gasteiger partial charge in [-0.1, -0.05) is 43.7 Å². The van der Waals surface area contributed by atoms with E-state index in [0.29, 0.717) is 10.2 Å². The predicted molar refractivity (Wildman–Crippen MR) is 90.5 cm³/mol. The van der Waals surface area contributed by atoms with Crippen LogP contribution in [0.15, 0.2) is 41.5 Å². The zero-order chi connectivity index (χ0) is 16.8. The molecule has 0 bridgehead atoms. The van der Waals surface area contributed by atoms with E-state index < -0.39 is 12.0 Å². The maximum Gasteiger partial charge on any atom is 0.270 e. The maximum absolute atomic E-state index is 13.2. The summed E-state index contributed by atoms with van der Waals surface area (Å²) in [4.78, 5) is 4.24. The minimum Gasteiger partial charge on any atom is -0.388 e. The molecule has 2 unspecified atom stereocenters. The average Bonchev–Trinajstić information content (AvgIpc) is 2.49. The van der Waals surface area contributed by atoms with Gasteiger partial charge in [0.2, 0.25) is 0 Å². The lowest BCUT2D eigenvalue weighted by molar-refractivity contribution is 0.0173. The van der Waals surface area contributed by atoms with E-state index in [1.54, 1.807) is 24.4 Å². The molecular formula is C17H22BrF2NO. The van der Waals surface area contributed by atoms with Crippen molar-refractivity contribution in [2.75, 3.05) is 0 Å². The highest BCUT2D eigenvalue weighted by Crippen LogP contribution is 2.32. The van der Waals surface area contributed by atoms with Crippen LogP contribution in [-0.2, 0) is 5.92 Å². The summed E-state index contributed by atoms with van der Waals surface area (Å²) in [6.45, 7) is 4.74. The predicted octanol–water partition coefficient (Wildman–Crippen LogP) is 5.58. The minimum atomic E-state index is -2.87. The zero-order valence-corrected chi connectivity index (χ0v) is 14.6. The highest BCUT2D eigenvalue weighted by molar-refractivity contribution is 9.18. The molecule has 0 saturated heterocycles. The first-order valence-corrected chi connectivity index (χ1v) is 8.11. The van der Waals surface area contributed by atoms with E-state index in [4.69, 9.17) is 0 Å². The second-order valence-electron chi connectivity index (χ2n) is 5.28. The summed E-state index contributed by atoms with van der Waals surface area (Å²) in [5.74, 6) is -3.07. The molecule has 0 aliphatic carbocycles. The highest BCUT2D eigenvalue weighted by atomic mass is 79.9. The fraction of sp³-hybridized carbons (Fsp3) is 0.471. The lowest BCUT2D eigenvalue weighted by Gasteiger charge is -2.22. The summed E-state index contributed by atoms with van der Waals surface area (Å²) in [6, 6.07) is 5.82. The number of rotatable bonds is 7. The van der Waals surface area contributed by atoms with E-state index in [1.165, 1.54) is 12.1 Å². The van der Waals surface area contributed by atoms with E-state index in [2.05, 4.69) is 20.9 Å². The molecule has 0 spiro atoms. The van der Waals surface area contributed by atoms with Crippen molar-refractivity contribution in [2.24, 2.45) is 10.9 Å². The Morgan fingerprint density at radius 1 is 1.36 bits per heavy atom. The van der Waals surface area contributed by atoms with Gasteiger partial charge >= 0.3 is 0 Å². The molecular weight excluding hydrogens is 352 g/mol. The Balaban J connectivity index is 3.01. The Morgan fingerprint density at radius 3 is 2.41 bits per heavy atom. The van der Waals surface area contributed by atoms with E-state index in [0.717, 1.165) is 19.8 Å². The largest absolute Gasteiger partial charge is 0.388 e. The summed E-state index contributed by atoms with van der Waals surface area (Å²) in [7, 11) is 0. The lowest BCUT2D eigenvalue weighted by atomic mass is 9.92. The van der Waals surface area contributed by atoms with Crippen LogP contribution in [0.3, 0.4) is 0 Å². The smallest absolute Gasteiger partial charge is 0.270 e. The van der Waals surface area contributed by atoms with Gasteiger partial charge in [0.15, 0.2) is 0 Å². The minimum absolute atomic E-state index is 0.0582. The number of hydrogen-bond acceptors (Lipinski definition) is 2. The number of allylic oxidation sites excluding steroid dienone is 1. The first kappa shape index (κ1) is 19.0. The Kier molecular flexibility index (Phi) is 7.36. The molecule has 0 saturated carbocycles. The molecule has 0 amide bonds. The fourth-order valence-electron chi connectivity index (χ4n) is 2.16. The molecule has 2 atom stereocenters. The van der Waals surface area contributed by atoms with Crippen molar-refractivity contribution in [3.8, 4) is 0 Å². The molecule has 0 radical (unpaired) electrons. The zero-order valence-electron chi connectivity index (χ0n) is 13.1. The molecule has 0 heterocycles. The SMILES string of the molecule is C/C=C\N=C(\Br)C(CCC)C(O)c1ccc(C(C)(F)F)cc1. The van der Waals surface area contributed by atoms with Crippen molar-refractivity contribution in [1.29, 1.82) is 0 Å². The molecule has 0 fully saturated rings. The molecule has 1 rings (SSSR count). The maximum atomic E-state index is 13.2. The number of halogens is 3. The van der Waals surface area contributed by atoms with Crippen molar-refractivity contribution in [2.45, 2.75) is 45.6 Å². The van der Waals surface area contributed by atoms with Gasteiger partial charge in [0, 0.05) is 24.6 Å². The number of alkyl halides is 2. The third-order valence-electron chi connectivity index (χ3n) is 3.39. The van der Waals surface area contributed by atoms with Crippen LogP contribution in [0.4, 0.5) is 8.78 Å². The lowest BCUT2D eigenvalue weighted by Crippen LogP contribution is -2.19. The van der Waals surface area contributed by atoms with Gasteiger partial charge in [-0.3, -0.25) is 4.99 Å². The normalized spacial score (nSPS) is 16.0. The molecule has 22 heavy (non-hydrogen) atoms. The molecule has 2 nitrogen and oxygen atoms in total. The molecule has 0 aliphatic heterocycles. The monoisotopic (exact) mass is 373 g/mol. The van der Waals surface area contributed by atoms with Crippen molar-refractivity contribution in [1.82, 2.24) is 0 Å². The summed E-state index contributed by atoms with van der Waals surface area (Å²) in [5, 5.41) is 10.6. The van der Waals surface area contributed by atoms with Gasteiger partial charge in [0.05, 0.1) is 10.7 Å². The quantitative estimate of drug-likeness (QED) is 0.622. The summed E-state index contributed by atoms with van der Waals surface area (Å²) >= 11 is 3.41. The number of aliphatic hydroxyl groups is 1. The van der Waals surface area contributed by atoms with E-state index in [-0.39, 0.29) is 11.5 Å². The van der Waals surface area contributed by atoms with Crippen LogP contribution in [0.5, 0.6) is 0 Å². The van der Waals surface area contributed by atoms with Gasteiger partial charge in [-0.05, 0) is 34.8 Å². The standard InChI is InChI=1S/C17H22BrF2NO/c1-4-6-14(16(18)21-11-5-2)15(22)12-7-9-13(10-8-12)17(3,19)20/h5,7-11,14-15,22H,4,6H2,1-3H3/b11-5-,21-16+. The first-order valence-electron chi connectivity index (χ1n) is 7.32. The third kappa shape index (κ3) is 5.29. The van der Waals surface area contributed by atoms with Gasteiger partial charge < -0.3 is 5.11 Å². The molecule has 0 aromatic heterocycles. The van der Waals surface area contributed by atoms with Crippen LogP contribution in [-0.4, -0.2) is 9.73 Å². The molecule has 1 aromatic rings. The van der Waals surface area contributed by atoms with E-state index in [9.17, 15) is 13.9 Å². The van der Waals surface area contributed by atoms with E-state index in [1.807, 2.05) is 13.8 Å². The van der Waals surface area contributed by atoms with Crippen molar-refractivity contribution in [3.63, 3.8) is 0 Å². The van der Waals surface area contributed by atoms with E-state index >= 15 is 0 Å². The number of benzene rings is 1. The Morgan fingerprint density at radius 2 is 1.95 bits per heavy atom. The Labute approximate surface area is 139 Å². The number of hydrogen-bond donors (Lipinski definition) is 1. The number of nitrogens with zero attached hydrogens (tertiary/aromatic N) is 1. The third-order valence-corrected chi connectivity index (χ3v) is 4.19. The molecule has 1 N–H and O–H groups in total. The Hall–Kier alpha value is -1.07. The number of aliphatic imine (C=N–C) groups is 1. The van der Waals surface area contributed by atoms with Crippen LogP contribution >= 0.6 is 15.9 Å². The van der Waals surface area contributed by atoms with Crippen molar-refractivity contribution < 1.29 is 13.9 Å².